The summed E-state index contributed by atoms with van der Waals surface area (Å²) in [6.07, 6.45) is 1.80. The molecule has 1 aromatic heterocycles. The van der Waals surface area contributed by atoms with Crippen LogP contribution in [-0.2, 0) is 16.1 Å². The first kappa shape index (κ1) is 18.9. The van der Waals surface area contributed by atoms with E-state index in [0.717, 1.165) is 17.8 Å². The predicted octanol–water partition coefficient (Wildman–Crippen LogP) is 2.93. The molecule has 0 saturated carbocycles. The van der Waals surface area contributed by atoms with Crippen LogP contribution in [0.5, 0.6) is 0 Å². The predicted molar refractivity (Wildman–Crippen MR) is 95.3 cm³/mol. The minimum atomic E-state index is -0.947. The molecule has 0 radical (unpaired) electrons. The number of hydrogen-bond donors (Lipinski definition) is 0. The van der Waals surface area contributed by atoms with E-state index in [4.69, 9.17) is 0 Å². The fourth-order valence-electron chi connectivity index (χ4n) is 3.25. The van der Waals surface area contributed by atoms with E-state index >= 15 is 0 Å². The van der Waals surface area contributed by atoms with Gasteiger partial charge in [-0.15, -0.1) is 0 Å². The van der Waals surface area contributed by atoms with Crippen LogP contribution in [-0.4, -0.2) is 40.2 Å². The van der Waals surface area contributed by atoms with Gasteiger partial charge in [0.15, 0.2) is 11.6 Å². The monoisotopic (exact) mass is 373 g/mol. The number of benzene rings is 1. The molecular formula is C20H21F2N3O2. The number of nitrogens with zero attached hydrogens (tertiary/aromatic N) is 3. The quantitative estimate of drug-likeness (QED) is 0.810. The number of likely N-dealkylation sites (tertiary alicyclic amines) is 1. The molecule has 1 aromatic carbocycles. The number of amides is 2. The molecular weight excluding hydrogens is 352 g/mol. The Morgan fingerprint density at radius 3 is 2.74 bits per heavy atom. The largest absolute Gasteiger partial charge is 0.339 e. The minimum absolute atomic E-state index is 0.0899. The Hall–Kier alpha value is -2.83. The van der Waals surface area contributed by atoms with Gasteiger partial charge in [-0.1, -0.05) is 12.1 Å². The molecule has 5 nitrogen and oxygen atoms in total. The number of halogens is 2. The van der Waals surface area contributed by atoms with Gasteiger partial charge in [-0.3, -0.25) is 14.6 Å². The van der Waals surface area contributed by atoms with Crippen LogP contribution in [0.15, 0.2) is 42.6 Å². The topological polar surface area (TPSA) is 53.5 Å². The zero-order valence-corrected chi connectivity index (χ0v) is 15.2. The number of hydrogen-bond acceptors (Lipinski definition) is 3. The Bertz CT molecular complexity index is 844. The molecule has 1 aliphatic heterocycles. The molecule has 0 bridgehead atoms. The molecule has 2 amide bonds. The number of pyridine rings is 1. The first-order valence-corrected chi connectivity index (χ1v) is 8.76. The van der Waals surface area contributed by atoms with Crippen LogP contribution in [0.1, 0.15) is 30.6 Å². The van der Waals surface area contributed by atoms with Crippen LogP contribution in [0.4, 0.5) is 8.78 Å². The Morgan fingerprint density at radius 1 is 1.30 bits per heavy atom. The lowest BCUT2D eigenvalue weighted by Gasteiger charge is -2.28. The van der Waals surface area contributed by atoms with Crippen LogP contribution in [0.3, 0.4) is 0 Å². The summed E-state index contributed by atoms with van der Waals surface area (Å²) in [5, 5.41) is 0. The second-order valence-corrected chi connectivity index (χ2v) is 6.80. The maximum Gasteiger partial charge on any atom is 0.228 e. The smallest absolute Gasteiger partial charge is 0.228 e. The van der Waals surface area contributed by atoms with Crippen LogP contribution in [0.25, 0.3) is 0 Å². The second kappa shape index (κ2) is 7.82. The van der Waals surface area contributed by atoms with Gasteiger partial charge in [0.25, 0.3) is 0 Å². The molecule has 7 heteroatoms. The highest BCUT2D eigenvalue weighted by atomic mass is 19.2. The van der Waals surface area contributed by atoms with E-state index in [1.807, 2.05) is 12.1 Å². The van der Waals surface area contributed by atoms with E-state index in [0.29, 0.717) is 18.7 Å². The molecule has 27 heavy (non-hydrogen) atoms. The molecule has 0 unspecified atom stereocenters. The summed E-state index contributed by atoms with van der Waals surface area (Å²) in [5.41, 5.74) is 1.27. The zero-order valence-electron chi connectivity index (χ0n) is 15.2. The van der Waals surface area contributed by atoms with Crippen molar-refractivity contribution in [2.24, 2.45) is 5.92 Å². The van der Waals surface area contributed by atoms with Crippen LogP contribution in [0, 0.1) is 17.6 Å². The lowest BCUT2D eigenvalue weighted by atomic mass is 10.0. The van der Waals surface area contributed by atoms with E-state index in [-0.39, 0.29) is 18.2 Å². The average molecular weight is 373 g/mol. The molecule has 2 heterocycles. The molecule has 1 saturated heterocycles. The van der Waals surface area contributed by atoms with Gasteiger partial charge >= 0.3 is 0 Å². The van der Waals surface area contributed by atoms with Gasteiger partial charge in [0.1, 0.15) is 0 Å². The van der Waals surface area contributed by atoms with Gasteiger partial charge in [0.05, 0.1) is 24.2 Å². The minimum Gasteiger partial charge on any atom is -0.339 e. The normalized spacial score (nSPS) is 17.9. The van der Waals surface area contributed by atoms with Crippen molar-refractivity contribution in [3.8, 4) is 0 Å². The molecule has 0 aliphatic carbocycles. The maximum atomic E-state index is 13.5. The van der Waals surface area contributed by atoms with E-state index < -0.39 is 23.6 Å². The molecule has 2 atom stereocenters. The van der Waals surface area contributed by atoms with Crippen LogP contribution in [0.2, 0.25) is 0 Å². The second-order valence-electron chi connectivity index (χ2n) is 6.80. The highest BCUT2D eigenvalue weighted by molar-refractivity contribution is 5.89. The molecule has 2 aromatic rings. The summed E-state index contributed by atoms with van der Waals surface area (Å²) in [6, 6.07) is 8.65. The van der Waals surface area contributed by atoms with Gasteiger partial charge < -0.3 is 9.80 Å². The summed E-state index contributed by atoms with van der Waals surface area (Å²) in [5.74, 6) is -2.61. The SMILES string of the molecule is C[C@@H](c1ccc(F)c(F)c1)N(C)C(=O)[C@H]1CC(=O)N(Cc2ccccn2)C1. The van der Waals surface area contributed by atoms with Crippen molar-refractivity contribution in [2.45, 2.75) is 25.9 Å². The molecule has 0 spiro atoms. The van der Waals surface area contributed by atoms with E-state index in [1.54, 1.807) is 31.1 Å². The third-order valence-corrected chi connectivity index (χ3v) is 5.00. The van der Waals surface area contributed by atoms with Crippen molar-refractivity contribution in [2.75, 3.05) is 13.6 Å². The van der Waals surface area contributed by atoms with E-state index in [9.17, 15) is 18.4 Å². The molecule has 1 aliphatic rings. The third-order valence-electron chi connectivity index (χ3n) is 5.00. The number of rotatable bonds is 5. The number of aromatic nitrogens is 1. The lowest BCUT2D eigenvalue weighted by molar-refractivity contribution is -0.136. The van der Waals surface area contributed by atoms with Crippen molar-refractivity contribution in [3.63, 3.8) is 0 Å². The van der Waals surface area contributed by atoms with Crippen LogP contribution < -0.4 is 0 Å². The Kier molecular flexibility index (Phi) is 5.48. The zero-order chi connectivity index (χ0) is 19.6. The van der Waals surface area contributed by atoms with Crippen molar-refractivity contribution in [3.05, 3.63) is 65.5 Å². The van der Waals surface area contributed by atoms with Gasteiger partial charge in [0.2, 0.25) is 11.8 Å². The Balaban J connectivity index is 1.66. The van der Waals surface area contributed by atoms with E-state index in [1.165, 1.54) is 11.0 Å². The molecule has 1 fully saturated rings. The maximum absolute atomic E-state index is 13.5. The Labute approximate surface area is 156 Å². The summed E-state index contributed by atoms with van der Waals surface area (Å²) < 4.78 is 26.6. The standard InChI is InChI=1S/C20H21F2N3O2/c1-13(14-6-7-17(21)18(22)9-14)24(2)20(27)15-10-19(26)25(11-15)12-16-5-3-4-8-23-16/h3-9,13,15H,10-12H2,1-2H3/t13-,15-/m0/s1. The highest BCUT2D eigenvalue weighted by Crippen LogP contribution is 2.26. The van der Waals surface area contributed by atoms with Crippen LogP contribution >= 0.6 is 0 Å². The van der Waals surface area contributed by atoms with E-state index in [2.05, 4.69) is 4.98 Å². The fourth-order valence-corrected chi connectivity index (χ4v) is 3.25. The third kappa shape index (κ3) is 4.13. The molecule has 142 valence electrons. The summed E-state index contributed by atoms with van der Waals surface area (Å²) in [6.45, 7) is 2.43. The summed E-state index contributed by atoms with van der Waals surface area (Å²) in [7, 11) is 1.61. The Morgan fingerprint density at radius 2 is 2.07 bits per heavy atom. The number of carbonyl (C=O) groups is 2. The summed E-state index contributed by atoms with van der Waals surface area (Å²) >= 11 is 0. The van der Waals surface area contributed by atoms with Crippen molar-refractivity contribution in [1.82, 2.24) is 14.8 Å². The fraction of sp³-hybridized carbons (Fsp3) is 0.350. The van der Waals surface area contributed by atoms with Gasteiger partial charge in [0, 0.05) is 26.2 Å². The van der Waals surface area contributed by atoms with Gasteiger partial charge in [-0.2, -0.15) is 0 Å². The number of carbonyl (C=O) groups excluding carboxylic acids is 2. The summed E-state index contributed by atoms with van der Waals surface area (Å²) in [4.78, 5) is 32.4. The van der Waals surface area contributed by atoms with Crippen molar-refractivity contribution in [1.29, 1.82) is 0 Å². The first-order valence-electron chi connectivity index (χ1n) is 8.76. The molecule has 3 rings (SSSR count). The van der Waals surface area contributed by atoms with Crippen molar-refractivity contribution < 1.29 is 18.4 Å². The first-order chi connectivity index (χ1) is 12.9. The van der Waals surface area contributed by atoms with Crippen molar-refractivity contribution >= 4 is 11.8 Å². The highest BCUT2D eigenvalue weighted by Gasteiger charge is 2.37. The van der Waals surface area contributed by atoms with Gasteiger partial charge in [-0.05, 0) is 36.8 Å². The van der Waals surface area contributed by atoms with Gasteiger partial charge in [-0.25, -0.2) is 8.78 Å². The molecule has 0 N–H and O–H groups in total. The lowest BCUT2D eigenvalue weighted by Crippen LogP contribution is -2.36. The average Bonchev–Trinajstić information content (AvgIpc) is 3.03.